The van der Waals surface area contributed by atoms with Gasteiger partial charge in [0.25, 0.3) is 0 Å². The summed E-state index contributed by atoms with van der Waals surface area (Å²) in [7, 11) is 0. The van der Waals surface area contributed by atoms with Crippen molar-refractivity contribution in [3.63, 3.8) is 0 Å². The highest BCUT2D eigenvalue weighted by molar-refractivity contribution is 5.83. The third kappa shape index (κ3) is 1.89. The number of ether oxygens (including phenoxy) is 1. The standard InChI is InChI=1S/C12H16O2/c1-2-5-14-12(13)8-11-7-9-3-4-10(11)6-9/h2,8-10H,1,3-7H2. The number of hydrogen-bond acceptors (Lipinski definition) is 2. The molecule has 2 saturated carbocycles. The first-order chi connectivity index (χ1) is 6.79. The van der Waals surface area contributed by atoms with Gasteiger partial charge in [0.1, 0.15) is 6.61 Å². The Morgan fingerprint density at radius 2 is 2.43 bits per heavy atom. The molecule has 0 amide bonds. The average Bonchev–Trinajstić information content (AvgIpc) is 2.76. The van der Waals surface area contributed by atoms with Gasteiger partial charge in [-0.15, -0.1) is 0 Å². The number of carbonyl (C=O) groups excluding carboxylic acids is 1. The minimum Gasteiger partial charge on any atom is -0.458 e. The zero-order valence-corrected chi connectivity index (χ0v) is 8.37. The Morgan fingerprint density at radius 3 is 3.00 bits per heavy atom. The van der Waals surface area contributed by atoms with Crippen LogP contribution in [0.2, 0.25) is 0 Å². The number of fused-ring (bicyclic) bond motifs is 2. The van der Waals surface area contributed by atoms with E-state index in [1.54, 1.807) is 12.2 Å². The molecule has 2 bridgehead atoms. The molecule has 0 heterocycles. The highest BCUT2D eigenvalue weighted by atomic mass is 16.5. The molecule has 2 nitrogen and oxygen atoms in total. The van der Waals surface area contributed by atoms with Crippen molar-refractivity contribution in [1.29, 1.82) is 0 Å². The van der Waals surface area contributed by atoms with E-state index >= 15 is 0 Å². The van der Waals surface area contributed by atoms with Gasteiger partial charge in [-0.05, 0) is 37.5 Å². The monoisotopic (exact) mass is 192 g/mol. The molecule has 0 aromatic heterocycles. The maximum atomic E-state index is 11.3. The van der Waals surface area contributed by atoms with E-state index in [0.717, 1.165) is 12.3 Å². The van der Waals surface area contributed by atoms with Crippen LogP contribution in [0, 0.1) is 11.8 Å². The summed E-state index contributed by atoms with van der Waals surface area (Å²) in [5.41, 5.74) is 1.32. The summed E-state index contributed by atoms with van der Waals surface area (Å²) < 4.78 is 4.93. The van der Waals surface area contributed by atoms with E-state index in [-0.39, 0.29) is 5.97 Å². The van der Waals surface area contributed by atoms with Crippen LogP contribution in [-0.2, 0) is 9.53 Å². The predicted molar refractivity (Wildman–Crippen MR) is 54.7 cm³/mol. The van der Waals surface area contributed by atoms with Crippen LogP contribution in [0.25, 0.3) is 0 Å². The van der Waals surface area contributed by atoms with Crippen molar-refractivity contribution in [2.75, 3.05) is 6.61 Å². The zero-order valence-electron chi connectivity index (χ0n) is 8.37. The number of carbonyl (C=O) groups is 1. The molecule has 2 heteroatoms. The van der Waals surface area contributed by atoms with Gasteiger partial charge in [-0.1, -0.05) is 18.2 Å². The minimum absolute atomic E-state index is 0.201. The van der Waals surface area contributed by atoms with Gasteiger partial charge in [0.15, 0.2) is 0 Å². The van der Waals surface area contributed by atoms with Crippen LogP contribution in [0.3, 0.4) is 0 Å². The molecule has 76 valence electrons. The van der Waals surface area contributed by atoms with Crippen LogP contribution < -0.4 is 0 Å². The SMILES string of the molecule is C=CCOC(=O)C=C1CC2CCC1C2. The van der Waals surface area contributed by atoms with Gasteiger partial charge in [-0.3, -0.25) is 0 Å². The quantitative estimate of drug-likeness (QED) is 0.390. The maximum Gasteiger partial charge on any atom is 0.331 e. The summed E-state index contributed by atoms with van der Waals surface area (Å²) in [5.74, 6) is 1.32. The second kappa shape index (κ2) is 3.99. The third-order valence-electron chi connectivity index (χ3n) is 3.24. The van der Waals surface area contributed by atoms with Crippen LogP contribution in [0.1, 0.15) is 25.7 Å². The van der Waals surface area contributed by atoms with Crippen molar-refractivity contribution < 1.29 is 9.53 Å². The molecule has 2 fully saturated rings. The fourth-order valence-electron chi connectivity index (χ4n) is 2.61. The van der Waals surface area contributed by atoms with E-state index in [9.17, 15) is 4.79 Å². The summed E-state index contributed by atoms with van der Waals surface area (Å²) >= 11 is 0. The predicted octanol–water partition coefficient (Wildman–Crippen LogP) is 2.46. The first-order valence-electron chi connectivity index (χ1n) is 5.27. The van der Waals surface area contributed by atoms with Crippen LogP contribution in [0.15, 0.2) is 24.3 Å². The topological polar surface area (TPSA) is 26.3 Å². The smallest absolute Gasteiger partial charge is 0.331 e. The van der Waals surface area contributed by atoms with Crippen molar-refractivity contribution in [2.45, 2.75) is 25.7 Å². The largest absolute Gasteiger partial charge is 0.458 e. The molecule has 2 atom stereocenters. The number of rotatable bonds is 3. The molecule has 0 aliphatic heterocycles. The number of esters is 1. The summed E-state index contributed by atoms with van der Waals surface area (Å²) in [4.78, 5) is 11.3. The van der Waals surface area contributed by atoms with E-state index < -0.39 is 0 Å². The van der Waals surface area contributed by atoms with Crippen molar-refractivity contribution in [3.8, 4) is 0 Å². The van der Waals surface area contributed by atoms with Gasteiger partial charge in [0.2, 0.25) is 0 Å². The van der Waals surface area contributed by atoms with Gasteiger partial charge in [-0.2, -0.15) is 0 Å². The van der Waals surface area contributed by atoms with Crippen LogP contribution in [-0.4, -0.2) is 12.6 Å². The zero-order chi connectivity index (χ0) is 9.97. The lowest BCUT2D eigenvalue weighted by atomic mass is 9.94. The molecule has 2 aliphatic carbocycles. The lowest BCUT2D eigenvalue weighted by Gasteiger charge is -2.12. The second-order valence-electron chi connectivity index (χ2n) is 4.22. The Kier molecular flexibility index (Phi) is 2.71. The van der Waals surface area contributed by atoms with E-state index in [2.05, 4.69) is 6.58 Å². The maximum absolute atomic E-state index is 11.3. The molecule has 2 rings (SSSR count). The van der Waals surface area contributed by atoms with Gasteiger partial charge in [0, 0.05) is 6.08 Å². The molecular weight excluding hydrogens is 176 g/mol. The van der Waals surface area contributed by atoms with Gasteiger partial charge in [0.05, 0.1) is 0 Å². The summed E-state index contributed by atoms with van der Waals surface area (Å²) in [5, 5.41) is 0. The average molecular weight is 192 g/mol. The molecule has 0 aromatic rings. The normalized spacial score (nSPS) is 32.1. The molecule has 0 spiro atoms. The molecule has 2 unspecified atom stereocenters. The van der Waals surface area contributed by atoms with Gasteiger partial charge < -0.3 is 4.74 Å². The van der Waals surface area contributed by atoms with E-state index in [1.807, 2.05) is 0 Å². The molecule has 0 radical (unpaired) electrons. The Bertz CT molecular complexity index is 278. The summed E-state index contributed by atoms with van der Waals surface area (Å²) in [6.45, 7) is 3.82. The van der Waals surface area contributed by atoms with E-state index in [4.69, 9.17) is 4.74 Å². The van der Waals surface area contributed by atoms with Crippen LogP contribution >= 0.6 is 0 Å². The molecular formula is C12H16O2. The molecule has 0 N–H and O–H groups in total. The Balaban J connectivity index is 1.91. The second-order valence-corrected chi connectivity index (χ2v) is 4.22. The Hall–Kier alpha value is -1.05. The van der Waals surface area contributed by atoms with Crippen molar-refractivity contribution in [3.05, 3.63) is 24.3 Å². The summed E-state index contributed by atoms with van der Waals surface area (Å²) in [6.07, 6.45) is 8.33. The van der Waals surface area contributed by atoms with Crippen LogP contribution in [0.5, 0.6) is 0 Å². The minimum atomic E-state index is -0.201. The fourth-order valence-corrected chi connectivity index (χ4v) is 2.61. The van der Waals surface area contributed by atoms with Crippen molar-refractivity contribution in [1.82, 2.24) is 0 Å². The highest BCUT2D eigenvalue weighted by Crippen LogP contribution is 2.47. The molecule has 0 saturated heterocycles. The molecule has 0 aromatic carbocycles. The fraction of sp³-hybridized carbons (Fsp3) is 0.583. The van der Waals surface area contributed by atoms with E-state index in [0.29, 0.717) is 12.5 Å². The Morgan fingerprint density at radius 1 is 1.57 bits per heavy atom. The van der Waals surface area contributed by atoms with E-state index in [1.165, 1.54) is 24.8 Å². The highest BCUT2D eigenvalue weighted by Gasteiger charge is 2.35. The third-order valence-corrected chi connectivity index (χ3v) is 3.24. The van der Waals surface area contributed by atoms with Gasteiger partial charge >= 0.3 is 5.97 Å². The first-order valence-corrected chi connectivity index (χ1v) is 5.27. The lowest BCUT2D eigenvalue weighted by Crippen LogP contribution is -2.05. The van der Waals surface area contributed by atoms with Crippen molar-refractivity contribution in [2.24, 2.45) is 11.8 Å². The number of hydrogen-bond donors (Lipinski definition) is 0. The Labute approximate surface area is 84.6 Å². The lowest BCUT2D eigenvalue weighted by molar-refractivity contribution is -0.136. The van der Waals surface area contributed by atoms with Crippen LogP contribution in [0.4, 0.5) is 0 Å². The number of allylic oxidation sites excluding steroid dienone is 1. The molecule has 2 aliphatic rings. The summed E-state index contributed by atoms with van der Waals surface area (Å²) in [6, 6.07) is 0. The molecule has 14 heavy (non-hydrogen) atoms. The van der Waals surface area contributed by atoms with Gasteiger partial charge in [-0.25, -0.2) is 4.79 Å². The van der Waals surface area contributed by atoms with Crippen molar-refractivity contribution >= 4 is 5.97 Å². The first kappa shape index (κ1) is 9.50.